The lowest BCUT2D eigenvalue weighted by Gasteiger charge is -2.08. The summed E-state index contributed by atoms with van der Waals surface area (Å²) in [6.07, 6.45) is -5.22. The van der Waals surface area contributed by atoms with E-state index in [0.29, 0.717) is 39.9 Å². The van der Waals surface area contributed by atoms with Crippen molar-refractivity contribution >= 4 is 33.7 Å². The fourth-order valence-electron chi connectivity index (χ4n) is 6.73. The predicted octanol–water partition coefficient (Wildman–Crippen LogP) is 11.4. The number of benzene rings is 6. The number of carbonyl (C=O) groups excluding carboxylic acids is 1. The maximum absolute atomic E-state index is 13.0. The Bertz CT molecular complexity index is 2840. The summed E-state index contributed by atoms with van der Waals surface area (Å²) in [6, 6.07) is 35.2. The predicted molar refractivity (Wildman–Crippen MR) is 214 cm³/mol. The molecule has 0 bridgehead atoms. The van der Waals surface area contributed by atoms with Gasteiger partial charge >= 0.3 is 24.3 Å². The molecule has 0 spiro atoms. The number of rotatable bonds is 9. The SMILES string of the molecule is CCOC(=O)c1cccc(-c2cccc3cn(Cc4cccc(C(F)(F)F)c4)nc23)c1.O=C(O)c1cccc(-c2cccc3cn(Cc4cccc(C(F)(F)F)c4)nc23)c1. The number of carbonyl (C=O) groups is 2. The molecule has 0 aliphatic carbocycles. The van der Waals surface area contributed by atoms with Crippen LogP contribution in [0.2, 0.25) is 0 Å². The Balaban J connectivity index is 0.000000182. The number of fused-ring (bicyclic) bond motifs is 2. The van der Waals surface area contributed by atoms with Crippen LogP contribution in [0.4, 0.5) is 26.3 Å². The fourth-order valence-corrected chi connectivity index (χ4v) is 6.73. The Labute approximate surface area is 338 Å². The quantitative estimate of drug-likeness (QED) is 0.115. The normalized spacial score (nSPS) is 11.7. The zero-order chi connectivity index (χ0) is 42.6. The maximum Gasteiger partial charge on any atom is 0.416 e. The van der Waals surface area contributed by atoms with E-state index in [0.717, 1.165) is 51.7 Å². The number of carboxylic acids is 1. The number of esters is 1. The van der Waals surface area contributed by atoms with E-state index in [-0.39, 0.29) is 18.7 Å². The average Bonchev–Trinajstić information content (AvgIpc) is 3.84. The molecule has 6 aromatic carbocycles. The summed E-state index contributed by atoms with van der Waals surface area (Å²) in [5, 5.41) is 20.0. The van der Waals surface area contributed by atoms with Gasteiger partial charge < -0.3 is 9.84 Å². The number of alkyl halides is 6. The van der Waals surface area contributed by atoms with Crippen LogP contribution in [0.1, 0.15) is 49.9 Å². The molecular formula is C46H34F6N4O4. The first-order valence-corrected chi connectivity index (χ1v) is 18.5. The van der Waals surface area contributed by atoms with E-state index in [1.165, 1.54) is 18.2 Å². The second kappa shape index (κ2) is 16.9. The van der Waals surface area contributed by atoms with E-state index >= 15 is 0 Å². The molecule has 0 saturated heterocycles. The molecule has 0 unspecified atom stereocenters. The second-order valence-corrected chi connectivity index (χ2v) is 13.7. The minimum atomic E-state index is -4.40. The van der Waals surface area contributed by atoms with E-state index in [9.17, 15) is 41.0 Å². The summed E-state index contributed by atoms with van der Waals surface area (Å²) < 4.78 is 86.1. The van der Waals surface area contributed by atoms with Crippen LogP contribution in [-0.2, 0) is 30.2 Å². The minimum Gasteiger partial charge on any atom is -0.478 e. The van der Waals surface area contributed by atoms with Gasteiger partial charge in [-0.3, -0.25) is 9.36 Å². The molecule has 14 heteroatoms. The van der Waals surface area contributed by atoms with Crippen molar-refractivity contribution in [1.82, 2.24) is 19.6 Å². The van der Waals surface area contributed by atoms with Gasteiger partial charge in [-0.15, -0.1) is 0 Å². The molecule has 0 atom stereocenters. The second-order valence-electron chi connectivity index (χ2n) is 13.7. The van der Waals surface area contributed by atoms with Gasteiger partial charge in [0.05, 0.1) is 42.0 Å². The standard InChI is InChI=1S/C24H19F3N2O2.C22H15F3N2O2/c1-2-31-23(30)18-8-4-7-17(13-18)21-11-5-9-19-15-29(28-22(19)21)14-16-6-3-10-20(12-16)24(25,26)27;23-22(24,25)18-8-1-4-14(10-18)12-27-13-17-7-3-9-19(20(17)26-27)15-5-2-6-16(11-15)21(28)29/h3-13,15H,2,14H2,1H3;1-11,13H,12H2,(H,28,29). The van der Waals surface area contributed by atoms with Gasteiger partial charge in [-0.25, -0.2) is 9.59 Å². The van der Waals surface area contributed by atoms with Gasteiger partial charge in [-0.1, -0.05) is 84.9 Å². The molecule has 60 heavy (non-hydrogen) atoms. The van der Waals surface area contributed by atoms with Gasteiger partial charge in [-0.05, 0) is 77.7 Å². The number of halogens is 6. The number of nitrogens with zero attached hydrogens (tertiary/aromatic N) is 4. The number of hydrogen-bond acceptors (Lipinski definition) is 5. The van der Waals surface area contributed by atoms with Gasteiger partial charge in [0, 0.05) is 34.3 Å². The summed E-state index contributed by atoms with van der Waals surface area (Å²) in [5.74, 6) is -1.42. The van der Waals surface area contributed by atoms with E-state index in [4.69, 9.17) is 4.74 Å². The van der Waals surface area contributed by atoms with Gasteiger partial charge in [0.2, 0.25) is 0 Å². The van der Waals surface area contributed by atoms with E-state index in [1.807, 2.05) is 42.5 Å². The molecule has 1 N–H and O–H groups in total. The van der Waals surface area contributed by atoms with Crippen molar-refractivity contribution in [2.75, 3.05) is 6.61 Å². The number of ether oxygens (including phenoxy) is 1. The van der Waals surface area contributed by atoms with Gasteiger partial charge in [-0.2, -0.15) is 36.5 Å². The Morgan fingerprint density at radius 2 is 1.02 bits per heavy atom. The molecule has 2 heterocycles. The third-order valence-electron chi connectivity index (χ3n) is 9.47. The molecule has 8 nitrogen and oxygen atoms in total. The first-order chi connectivity index (χ1) is 28.7. The van der Waals surface area contributed by atoms with Crippen LogP contribution < -0.4 is 0 Å². The monoisotopic (exact) mass is 820 g/mol. The largest absolute Gasteiger partial charge is 0.478 e. The average molecular weight is 821 g/mol. The highest BCUT2D eigenvalue weighted by Gasteiger charge is 2.31. The highest BCUT2D eigenvalue weighted by atomic mass is 19.4. The van der Waals surface area contributed by atoms with Crippen molar-refractivity contribution in [2.45, 2.75) is 32.4 Å². The molecule has 0 amide bonds. The molecule has 2 aromatic heterocycles. The van der Waals surface area contributed by atoms with Gasteiger partial charge in [0.15, 0.2) is 0 Å². The summed E-state index contributed by atoms with van der Waals surface area (Å²) in [6.45, 7) is 2.44. The Kier molecular flexibility index (Phi) is 11.6. The highest BCUT2D eigenvalue weighted by molar-refractivity contribution is 5.97. The lowest BCUT2D eigenvalue weighted by molar-refractivity contribution is -0.138. The number of hydrogen-bond donors (Lipinski definition) is 1. The van der Waals surface area contributed by atoms with Crippen LogP contribution >= 0.6 is 0 Å². The molecule has 0 aliphatic heterocycles. The van der Waals surface area contributed by atoms with Crippen LogP contribution in [0.5, 0.6) is 0 Å². The van der Waals surface area contributed by atoms with Crippen molar-refractivity contribution < 1.29 is 45.8 Å². The topological polar surface area (TPSA) is 99.2 Å². The summed E-state index contributed by atoms with van der Waals surface area (Å²) in [7, 11) is 0. The smallest absolute Gasteiger partial charge is 0.416 e. The van der Waals surface area contributed by atoms with Crippen molar-refractivity contribution in [2.24, 2.45) is 0 Å². The van der Waals surface area contributed by atoms with Crippen LogP contribution in [0.3, 0.4) is 0 Å². The van der Waals surface area contributed by atoms with Crippen LogP contribution in [0.25, 0.3) is 44.1 Å². The first-order valence-electron chi connectivity index (χ1n) is 18.5. The Morgan fingerprint density at radius 1 is 0.583 bits per heavy atom. The lowest BCUT2D eigenvalue weighted by Crippen LogP contribution is -2.07. The lowest BCUT2D eigenvalue weighted by atomic mass is 10.0. The summed E-state index contributed by atoms with van der Waals surface area (Å²) in [4.78, 5) is 23.3. The number of carboxylic acid groups (broad SMARTS) is 1. The van der Waals surface area contributed by atoms with Crippen LogP contribution in [-0.4, -0.2) is 43.2 Å². The molecule has 8 aromatic rings. The summed E-state index contributed by atoms with van der Waals surface area (Å²) >= 11 is 0. The molecule has 304 valence electrons. The highest BCUT2D eigenvalue weighted by Crippen LogP contribution is 2.33. The molecule has 0 saturated carbocycles. The molecule has 0 radical (unpaired) electrons. The minimum absolute atomic E-state index is 0.169. The third-order valence-corrected chi connectivity index (χ3v) is 9.47. The van der Waals surface area contributed by atoms with Gasteiger partial charge in [0.1, 0.15) is 11.0 Å². The van der Waals surface area contributed by atoms with Crippen LogP contribution in [0.15, 0.2) is 146 Å². The van der Waals surface area contributed by atoms with E-state index in [1.54, 1.807) is 77.2 Å². The van der Waals surface area contributed by atoms with Crippen molar-refractivity contribution in [1.29, 1.82) is 0 Å². The zero-order valence-corrected chi connectivity index (χ0v) is 31.7. The Morgan fingerprint density at radius 3 is 1.47 bits per heavy atom. The van der Waals surface area contributed by atoms with E-state index in [2.05, 4.69) is 10.2 Å². The van der Waals surface area contributed by atoms with E-state index < -0.39 is 35.4 Å². The fraction of sp³-hybridized carbons (Fsp3) is 0.130. The first kappa shape index (κ1) is 41.0. The summed E-state index contributed by atoms with van der Waals surface area (Å²) in [5.41, 5.74) is 4.69. The third kappa shape index (κ3) is 9.39. The molecular weight excluding hydrogens is 787 g/mol. The Hall–Kier alpha value is -7.22. The van der Waals surface area contributed by atoms with Crippen molar-refractivity contribution in [3.8, 4) is 22.3 Å². The zero-order valence-electron chi connectivity index (χ0n) is 31.7. The molecule has 8 rings (SSSR count). The van der Waals surface area contributed by atoms with Crippen molar-refractivity contribution in [3.63, 3.8) is 0 Å². The number of aromatic nitrogens is 4. The number of aromatic carboxylic acids is 1. The molecule has 0 aliphatic rings. The maximum atomic E-state index is 13.0. The van der Waals surface area contributed by atoms with Crippen LogP contribution in [0, 0.1) is 0 Å². The van der Waals surface area contributed by atoms with Crippen molar-refractivity contribution in [3.05, 3.63) is 179 Å². The molecule has 0 fully saturated rings. The van der Waals surface area contributed by atoms with Gasteiger partial charge in [0.25, 0.3) is 0 Å².